The Hall–Kier alpha value is -5.46. The van der Waals surface area contributed by atoms with Gasteiger partial charge in [0.2, 0.25) is 20.0 Å². The number of hydrogen-bond donors (Lipinski definition) is 1. The van der Waals surface area contributed by atoms with Gasteiger partial charge in [-0.2, -0.15) is 38.0 Å². The van der Waals surface area contributed by atoms with Gasteiger partial charge >= 0.3 is 6.09 Å². The van der Waals surface area contributed by atoms with Crippen molar-refractivity contribution in [3.8, 4) is 0 Å². The summed E-state index contributed by atoms with van der Waals surface area (Å²) < 4.78 is 61.7. The molecule has 0 fully saturated rings. The first kappa shape index (κ1) is 51.9. The molecule has 2 aliphatic heterocycles. The van der Waals surface area contributed by atoms with E-state index >= 15 is 0 Å². The number of ether oxygens (including phenoxy) is 1. The first-order valence-corrected chi connectivity index (χ1v) is 28.0. The zero-order valence-corrected chi connectivity index (χ0v) is 42.6. The number of benzene rings is 4. The summed E-state index contributed by atoms with van der Waals surface area (Å²) in [5.41, 5.74) is 9.30. The molecule has 0 bridgehead atoms. The fourth-order valence-corrected chi connectivity index (χ4v) is 11.6. The molecule has 0 unspecified atom stereocenters. The van der Waals surface area contributed by atoms with Gasteiger partial charge in [-0.15, -0.1) is 0 Å². The van der Waals surface area contributed by atoms with Crippen LogP contribution in [0.4, 0.5) is 4.79 Å². The van der Waals surface area contributed by atoms with E-state index in [4.69, 9.17) is 9.84 Å². The number of thioether (sulfide) groups is 2. The minimum atomic E-state index is -3.73. The Labute approximate surface area is 409 Å². The van der Waals surface area contributed by atoms with Crippen molar-refractivity contribution >= 4 is 62.0 Å². The van der Waals surface area contributed by atoms with E-state index in [9.17, 15) is 26.4 Å². The molecule has 6 aromatic rings. The number of rotatable bonds is 13. The minimum Gasteiger partial charge on any atom is -0.443 e. The highest BCUT2D eigenvalue weighted by Crippen LogP contribution is 2.30. The summed E-state index contributed by atoms with van der Waals surface area (Å²) in [4.78, 5) is 23.4. The van der Waals surface area contributed by atoms with E-state index in [0.29, 0.717) is 13.1 Å². The number of carbonyl (C=O) groups excluding carboxylic acids is 2. The fraction of sp³-hybridized carbons (Fsp3) is 0.333. The molecular formula is C51H60N6O7S4. The maximum atomic E-state index is 12.7. The maximum absolute atomic E-state index is 12.7. The first-order chi connectivity index (χ1) is 32.4. The van der Waals surface area contributed by atoms with Gasteiger partial charge in [-0.3, -0.25) is 14.2 Å². The standard InChI is InChI=1S/C23H25N3O2S2.C14H14N2OS.C14H21NO4S/c1-18(20-10-6-3-7-11-20)25-30(27,28)15-13-23-21-17-29-14-12-22(21)24-26(23)16-19-8-4-2-5-9-19;17-9-14-12-10-18-7-6-13(12)15-16(14)8-11-4-2-1-3-5-11;1-11(12-9-7-6-8-10-12)15(20(5,17)18)13(16)19-14(2,3)4/h2-11,13,15,18,25H,12,14,16-17H2,1H3;1-5,9H,6-8,10H2;6-11H,1-5H3/b15-13+;;/t18-;;11-/m1.1/s1. The Balaban J connectivity index is 0.000000176. The highest BCUT2D eigenvalue weighted by atomic mass is 32.2. The number of aldehydes is 1. The van der Waals surface area contributed by atoms with Crippen molar-refractivity contribution in [1.29, 1.82) is 0 Å². The van der Waals surface area contributed by atoms with Crippen molar-refractivity contribution in [2.75, 3.05) is 17.8 Å². The van der Waals surface area contributed by atoms with Gasteiger partial charge in [0, 0.05) is 46.9 Å². The average Bonchev–Trinajstić information content (AvgIpc) is 3.85. The van der Waals surface area contributed by atoms with Gasteiger partial charge in [0.15, 0.2) is 6.29 Å². The average molecular weight is 997 g/mol. The van der Waals surface area contributed by atoms with E-state index in [-0.39, 0.29) is 6.04 Å². The lowest BCUT2D eigenvalue weighted by molar-refractivity contribution is 0.0347. The third-order valence-electron chi connectivity index (χ3n) is 10.9. The Morgan fingerprint density at radius 2 is 1.16 bits per heavy atom. The van der Waals surface area contributed by atoms with Crippen LogP contribution in [0.5, 0.6) is 0 Å². The monoisotopic (exact) mass is 996 g/mol. The number of hydrogen-bond acceptors (Lipinski definition) is 11. The van der Waals surface area contributed by atoms with Crippen molar-refractivity contribution in [1.82, 2.24) is 28.6 Å². The molecule has 2 aromatic heterocycles. The molecule has 4 heterocycles. The van der Waals surface area contributed by atoms with Crippen LogP contribution in [-0.4, -0.2) is 76.4 Å². The molecule has 68 heavy (non-hydrogen) atoms. The summed E-state index contributed by atoms with van der Waals surface area (Å²) in [6.45, 7) is 9.87. The lowest BCUT2D eigenvalue weighted by atomic mass is 10.1. The number of sulfonamides is 2. The van der Waals surface area contributed by atoms with Crippen LogP contribution in [0, 0.1) is 0 Å². The van der Waals surface area contributed by atoms with E-state index in [1.807, 2.05) is 113 Å². The third-order valence-corrected chi connectivity index (χ3v) is 15.2. The summed E-state index contributed by atoms with van der Waals surface area (Å²) in [5, 5.41) is 10.6. The second-order valence-electron chi connectivity index (χ2n) is 17.4. The zero-order valence-electron chi connectivity index (χ0n) is 39.3. The smallest absolute Gasteiger partial charge is 0.424 e. The molecule has 17 heteroatoms. The van der Waals surface area contributed by atoms with E-state index < -0.39 is 37.8 Å². The lowest BCUT2D eigenvalue weighted by Crippen LogP contribution is -2.41. The molecule has 0 aliphatic carbocycles. The molecule has 8 rings (SSSR count). The van der Waals surface area contributed by atoms with Crippen LogP contribution in [0.2, 0.25) is 0 Å². The van der Waals surface area contributed by atoms with Gasteiger partial charge in [0.05, 0.1) is 42.5 Å². The Kier molecular flexibility index (Phi) is 18.1. The van der Waals surface area contributed by atoms with Crippen molar-refractivity contribution in [3.63, 3.8) is 0 Å². The largest absolute Gasteiger partial charge is 0.443 e. The van der Waals surface area contributed by atoms with Gasteiger partial charge in [-0.25, -0.2) is 26.4 Å². The quantitative estimate of drug-likeness (QED) is 0.110. The lowest BCUT2D eigenvalue weighted by Gasteiger charge is -2.30. The highest BCUT2D eigenvalue weighted by Gasteiger charge is 2.33. The Morgan fingerprint density at radius 1 is 0.721 bits per heavy atom. The van der Waals surface area contributed by atoms with Gasteiger partial charge in [0.25, 0.3) is 0 Å². The van der Waals surface area contributed by atoms with E-state index in [0.717, 1.165) is 103 Å². The predicted molar refractivity (Wildman–Crippen MR) is 274 cm³/mol. The summed E-state index contributed by atoms with van der Waals surface area (Å²) in [7, 11) is -7.32. The molecule has 360 valence electrons. The van der Waals surface area contributed by atoms with Crippen LogP contribution >= 0.6 is 23.5 Å². The normalized spacial score (nSPS) is 14.5. The van der Waals surface area contributed by atoms with Gasteiger partial charge in [0.1, 0.15) is 11.3 Å². The second-order valence-corrected chi connectivity index (χ2v) is 23.0. The molecular weight excluding hydrogens is 937 g/mol. The third kappa shape index (κ3) is 14.8. The number of amides is 1. The van der Waals surface area contributed by atoms with Crippen molar-refractivity contribution in [2.24, 2.45) is 0 Å². The molecule has 0 saturated carbocycles. The Bertz CT molecular complexity index is 2850. The van der Waals surface area contributed by atoms with Crippen LogP contribution < -0.4 is 4.72 Å². The van der Waals surface area contributed by atoms with Gasteiger partial charge < -0.3 is 4.74 Å². The second kappa shape index (κ2) is 23.7. The van der Waals surface area contributed by atoms with Crippen LogP contribution in [-0.2, 0) is 62.2 Å². The van der Waals surface area contributed by atoms with Crippen LogP contribution in [0.3, 0.4) is 0 Å². The molecule has 2 atom stereocenters. The molecule has 0 saturated heterocycles. The number of aromatic nitrogens is 4. The molecule has 0 radical (unpaired) electrons. The van der Waals surface area contributed by atoms with E-state index in [2.05, 4.69) is 34.1 Å². The molecule has 4 aromatic carbocycles. The number of nitrogens with zero attached hydrogens (tertiary/aromatic N) is 5. The highest BCUT2D eigenvalue weighted by molar-refractivity contribution is 7.98. The topological polar surface area (TPSA) is 163 Å². The summed E-state index contributed by atoms with van der Waals surface area (Å²) >= 11 is 3.73. The van der Waals surface area contributed by atoms with E-state index in [1.165, 1.54) is 11.0 Å². The molecule has 1 amide bonds. The van der Waals surface area contributed by atoms with Gasteiger partial charge in [-0.1, -0.05) is 121 Å². The van der Waals surface area contributed by atoms with Crippen LogP contribution in [0.25, 0.3) is 6.08 Å². The summed E-state index contributed by atoms with van der Waals surface area (Å²) in [5.74, 6) is 3.93. The summed E-state index contributed by atoms with van der Waals surface area (Å²) in [6, 6.07) is 37.8. The first-order valence-electron chi connectivity index (χ1n) is 22.3. The van der Waals surface area contributed by atoms with Crippen LogP contribution in [0.1, 0.15) is 108 Å². The predicted octanol–water partition coefficient (Wildman–Crippen LogP) is 9.85. The minimum absolute atomic E-state index is 0.306. The van der Waals surface area contributed by atoms with Crippen molar-refractivity contribution in [2.45, 2.75) is 89.7 Å². The number of carbonyl (C=O) groups is 2. The number of nitrogens with one attached hydrogen (secondary N) is 1. The molecule has 1 N–H and O–H groups in total. The van der Waals surface area contributed by atoms with Crippen LogP contribution in [0.15, 0.2) is 127 Å². The molecule has 2 aliphatic rings. The summed E-state index contributed by atoms with van der Waals surface area (Å²) in [6.07, 6.45) is 4.66. The maximum Gasteiger partial charge on any atom is 0.424 e. The Morgan fingerprint density at radius 3 is 1.62 bits per heavy atom. The fourth-order valence-electron chi connectivity index (χ4n) is 7.61. The van der Waals surface area contributed by atoms with Gasteiger partial charge in [-0.05, 0) is 74.5 Å². The van der Waals surface area contributed by atoms with Crippen molar-refractivity contribution in [3.05, 3.63) is 183 Å². The molecule has 13 nitrogen and oxygen atoms in total. The molecule has 0 spiro atoms. The van der Waals surface area contributed by atoms with Crippen molar-refractivity contribution < 1.29 is 31.2 Å². The number of fused-ring (bicyclic) bond motifs is 2. The zero-order chi connectivity index (χ0) is 48.9. The SMILES string of the molecule is C[C@@H](NS(=O)(=O)/C=C/c1c2c(nn1Cc1ccccc1)CCSC2)c1ccccc1.C[C@H](c1ccccc1)N(C(=O)OC(C)(C)C)S(C)(=O)=O.O=Cc1c2c(nn1Cc1ccccc1)CCSC2. The van der Waals surface area contributed by atoms with E-state index in [1.54, 1.807) is 58.0 Å². The number of aryl methyl sites for hydroxylation is 2.